The summed E-state index contributed by atoms with van der Waals surface area (Å²) in [7, 11) is -2.93. The van der Waals surface area contributed by atoms with Crippen molar-refractivity contribution in [3.05, 3.63) is 0 Å². The van der Waals surface area contributed by atoms with E-state index in [9.17, 15) is 8.42 Å². The van der Waals surface area contributed by atoms with Gasteiger partial charge in [0.2, 0.25) is 0 Å². The summed E-state index contributed by atoms with van der Waals surface area (Å²) in [6, 6.07) is -0.280. The molecule has 0 heterocycles. The molecule has 0 aliphatic heterocycles. The van der Waals surface area contributed by atoms with Gasteiger partial charge in [-0.3, -0.25) is 0 Å². The Morgan fingerprint density at radius 1 is 1.33 bits per heavy atom. The van der Waals surface area contributed by atoms with Gasteiger partial charge in [0.25, 0.3) is 0 Å². The highest BCUT2D eigenvalue weighted by Gasteiger charge is 2.23. The SMILES string of the molecule is CC(C)(C)C(N)CS(C)(=O)=O.Cl. The molecule has 0 aliphatic rings. The van der Waals surface area contributed by atoms with Gasteiger partial charge in [-0.05, 0) is 5.41 Å². The van der Waals surface area contributed by atoms with Crippen LogP contribution in [0.15, 0.2) is 0 Å². The largest absolute Gasteiger partial charge is 0.326 e. The molecular weight excluding hydrogens is 198 g/mol. The fourth-order valence-electron chi connectivity index (χ4n) is 0.576. The molecule has 0 aromatic carbocycles. The van der Waals surface area contributed by atoms with E-state index in [1.54, 1.807) is 0 Å². The van der Waals surface area contributed by atoms with Gasteiger partial charge >= 0.3 is 0 Å². The molecule has 0 saturated carbocycles. The van der Waals surface area contributed by atoms with Gasteiger partial charge in [0, 0.05) is 12.3 Å². The lowest BCUT2D eigenvalue weighted by atomic mass is 9.89. The molecule has 1 unspecified atom stereocenters. The Hall–Kier alpha value is 0.200. The molecule has 0 fully saturated rings. The van der Waals surface area contributed by atoms with Crippen molar-refractivity contribution in [2.75, 3.05) is 12.0 Å². The van der Waals surface area contributed by atoms with Crippen LogP contribution in [0.5, 0.6) is 0 Å². The van der Waals surface area contributed by atoms with Gasteiger partial charge in [-0.15, -0.1) is 12.4 Å². The van der Waals surface area contributed by atoms with Crippen molar-refractivity contribution in [2.24, 2.45) is 11.1 Å². The lowest BCUT2D eigenvalue weighted by molar-refractivity contribution is 0.340. The summed E-state index contributed by atoms with van der Waals surface area (Å²) in [5, 5.41) is 0. The molecule has 76 valence electrons. The Kier molecular flexibility index (Phi) is 5.44. The number of nitrogens with two attached hydrogens (primary N) is 1. The quantitative estimate of drug-likeness (QED) is 0.742. The zero-order valence-corrected chi connectivity index (χ0v) is 9.63. The fourth-order valence-corrected chi connectivity index (χ4v) is 1.73. The van der Waals surface area contributed by atoms with E-state index in [2.05, 4.69) is 0 Å². The van der Waals surface area contributed by atoms with Gasteiger partial charge in [0.05, 0.1) is 5.75 Å². The lowest BCUT2D eigenvalue weighted by Crippen LogP contribution is -2.40. The Morgan fingerprint density at radius 2 is 1.67 bits per heavy atom. The van der Waals surface area contributed by atoms with E-state index in [0.29, 0.717) is 0 Å². The first kappa shape index (κ1) is 14.7. The highest BCUT2D eigenvalue weighted by atomic mass is 35.5. The molecular formula is C7H18ClNO2S. The molecule has 0 radical (unpaired) electrons. The third-order valence-corrected chi connectivity index (χ3v) is 2.56. The molecule has 0 spiro atoms. The average Bonchev–Trinajstić information content (AvgIpc) is 1.56. The van der Waals surface area contributed by atoms with Crippen molar-refractivity contribution in [3.8, 4) is 0 Å². The van der Waals surface area contributed by atoms with Gasteiger partial charge in [-0.25, -0.2) is 8.42 Å². The first-order chi connectivity index (χ1) is 4.63. The van der Waals surface area contributed by atoms with Crippen molar-refractivity contribution < 1.29 is 8.42 Å². The van der Waals surface area contributed by atoms with Crippen molar-refractivity contribution in [1.82, 2.24) is 0 Å². The minimum atomic E-state index is -2.93. The second-order valence-corrected chi connectivity index (χ2v) is 6.25. The van der Waals surface area contributed by atoms with E-state index in [4.69, 9.17) is 5.73 Å². The van der Waals surface area contributed by atoms with Crippen molar-refractivity contribution in [3.63, 3.8) is 0 Å². The van der Waals surface area contributed by atoms with E-state index in [-0.39, 0.29) is 29.6 Å². The molecule has 0 aliphatic carbocycles. The highest BCUT2D eigenvalue weighted by Crippen LogP contribution is 2.17. The molecule has 12 heavy (non-hydrogen) atoms. The first-order valence-corrected chi connectivity index (χ1v) is 5.62. The number of hydrogen-bond donors (Lipinski definition) is 1. The second kappa shape index (κ2) is 4.44. The van der Waals surface area contributed by atoms with E-state index in [1.165, 1.54) is 6.26 Å². The third-order valence-electron chi connectivity index (χ3n) is 1.59. The van der Waals surface area contributed by atoms with Crippen molar-refractivity contribution >= 4 is 22.2 Å². The van der Waals surface area contributed by atoms with Crippen molar-refractivity contribution in [2.45, 2.75) is 26.8 Å². The molecule has 0 rings (SSSR count). The predicted octanol–water partition coefficient (Wildman–Crippen LogP) is 0.826. The Morgan fingerprint density at radius 3 is 1.75 bits per heavy atom. The van der Waals surface area contributed by atoms with Crippen LogP contribution in [0.4, 0.5) is 0 Å². The molecule has 0 aromatic heterocycles. The standard InChI is InChI=1S/C7H17NO2S.ClH/c1-7(2,3)6(8)5-11(4,9)10;/h6H,5,8H2,1-4H3;1H. The van der Waals surface area contributed by atoms with E-state index in [0.717, 1.165) is 0 Å². The van der Waals surface area contributed by atoms with Gasteiger partial charge in [-0.1, -0.05) is 20.8 Å². The van der Waals surface area contributed by atoms with Crippen LogP contribution in [0.2, 0.25) is 0 Å². The summed E-state index contributed by atoms with van der Waals surface area (Å²) in [5.74, 6) is 0.0660. The molecule has 0 bridgehead atoms. The molecule has 0 aromatic rings. The number of halogens is 1. The van der Waals surface area contributed by atoms with Crippen LogP contribution in [0.25, 0.3) is 0 Å². The number of rotatable bonds is 2. The summed E-state index contributed by atoms with van der Waals surface area (Å²) < 4.78 is 21.6. The summed E-state index contributed by atoms with van der Waals surface area (Å²) in [5.41, 5.74) is 5.52. The molecule has 0 saturated heterocycles. The molecule has 2 N–H and O–H groups in total. The Bertz CT molecular complexity index is 218. The fraction of sp³-hybridized carbons (Fsp3) is 1.00. The average molecular weight is 216 g/mol. The monoisotopic (exact) mass is 215 g/mol. The van der Waals surface area contributed by atoms with Crippen LogP contribution >= 0.6 is 12.4 Å². The molecule has 5 heteroatoms. The zero-order chi connectivity index (χ0) is 9.28. The van der Waals surface area contributed by atoms with E-state index in [1.807, 2.05) is 20.8 Å². The molecule has 3 nitrogen and oxygen atoms in total. The summed E-state index contributed by atoms with van der Waals surface area (Å²) >= 11 is 0. The summed E-state index contributed by atoms with van der Waals surface area (Å²) in [4.78, 5) is 0. The topological polar surface area (TPSA) is 60.2 Å². The van der Waals surface area contributed by atoms with Crippen LogP contribution in [0.1, 0.15) is 20.8 Å². The van der Waals surface area contributed by atoms with Crippen LogP contribution in [0.3, 0.4) is 0 Å². The van der Waals surface area contributed by atoms with Gasteiger partial charge in [-0.2, -0.15) is 0 Å². The normalized spacial score (nSPS) is 15.1. The maximum absolute atomic E-state index is 10.8. The van der Waals surface area contributed by atoms with E-state index < -0.39 is 9.84 Å². The smallest absolute Gasteiger partial charge is 0.148 e. The van der Waals surface area contributed by atoms with Gasteiger partial charge < -0.3 is 5.73 Å². The summed E-state index contributed by atoms with van der Waals surface area (Å²) in [6.45, 7) is 5.80. The van der Waals surface area contributed by atoms with Gasteiger partial charge in [0.15, 0.2) is 0 Å². The van der Waals surface area contributed by atoms with Crippen LogP contribution in [0, 0.1) is 5.41 Å². The number of hydrogen-bond acceptors (Lipinski definition) is 3. The van der Waals surface area contributed by atoms with Crippen LogP contribution in [-0.4, -0.2) is 26.5 Å². The lowest BCUT2D eigenvalue weighted by Gasteiger charge is -2.25. The first-order valence-electron chi connectivity index (χ1n) is 3.56. The number of sulfone groups is 1. The van der Waals surface area contributed by atoms with Crippen LogP contribution in [-0.2, 0) is 9.84 Å². The minimum Gasteiger partial charge on any atom is -0.326 e. The third kappa shape index (κ3) is 6.88. The molecule has 0 amide bonds. The predicted molar refractivity (Wildman–Crippen MR) is 54.4 cm³/mol. The molecule has 1 atom stereocenters. The van der Waals surface area contributed by atoms with E-state index >= 15 is 0 Å². The maximum atomic E-state index is 10.8. The van der Waals surface area contributed by atoms with Crippen LogP contribution < -0.4 is 5.73 Å². The Balaban J connectivity index is 0. The minimum absolute atomic E-state index is 0. The Labute approximate surface area is 81.0 Å². The van der Waals surface area contributed by atoms with Crippen molar-refractivity contribution in [1.29, 1.82) is 0 Å². The second-order valence-electron chi connectivity index (χ2n) is 4.06. The van der Waals surface area contributed by atoms with Gasteiger partial charge in [0.1, 0.15) is 9.84 Å². The maximum Gasteiger partial charge on any atom is 0.148 e. The highest BCUT2D eigenvalue weighted by molar-refractivity contribution is 7.90. The zero-order valence-electron chi connectivity index (χ0n) is 7.99. The summed E-state index contributed by atoms with van der Waals surface area (Å²) in [6.07, 6.45) is 1.21.